The van der Waals surface area contributed by atoms with E-state index in [0.717, 1.165) is 12.0 Å². The van der Waals surface area contributed by atoms with Gasteiger partial charge in [0.2, 0.25) is 0 Å². The van der Waals surface area contributed by atoms with E-state index in [-0.39, 0.29) is 0 Å². The molecule has 0 aromatic rings. The maximum Gasteiger partial charge on any atom is 0.00920 e. The predicted molar refractivity (Wildman–Crippen MR) is 63.2 cm³/mol. The van der Waals surface area contributed by atoms with Crippen molar-refractivity contribution in [2.75, 3.05) is 7.05 Å². The Balaban J connectivity index is 0. The van der Waals surface area contributed by atoms with Gasteiger partial charge in [-0.25, -0.2) is 0 Å². The second-order valence-corrected chi connectivity index (χ2v) is 3.26. The first-order valence-electron chi connectivity index (χ1n) is 5.97. The highest BCUT2D eigenvalue weighted by atomic mass is 14.9. The molecule has 0 aliphatic rings. The maximum atomic E-state index is 3.40. The van der Waals surface area contributed by atoms with Gasteiger partial charge in [0.15, 0.2) is 0 Å². The zero-order valence-electron chi connectivity index (χ0n) is 10.5. The summed E-state index contributed by atoms with van der Waals surface area (Å²) in [6.45, 7) is 10.8. The molecule has 0 bridgehead atoms. The van der Waals surface area contributed by atoms with Crippen molar-refractivity contribution in [2.24, 2.45) is 5.92 Å². The Hall–Kier alpha value is -0.0400. The monoisotopic (exact) mass is 187 g/mol. The van der Waals surface area contributed by atoms with Crippen LogP contribution in [-0.2, 0) is 0 Å². The molecule has 0 aliphatic carbocycles. The van der Waals surface area contributed by atoms with Crippen molar-refractivity contribution in [2.45, 2.75) is 66.3 Å². The van der Waals surface area contributed by atoms with E-state index in [0.29, 0.717) is 0 Å². The summed E-state index contributed by atoms with van der Waals surface area (Å²) in [6.07, 6.45) is 5.23. The van der Waals surface area contributed by atoms with Gasteiger partial charge < -0.3 is 5.32 Å². The van der Waals surface area contributed by atoms with E-state index in [4.69, 9.17) is 0 Å². The lowest BCUT2D eigenvalue weighted by molar-refractivity contribution is 0.332. The largest absolute Gasteiger partial charge is 0.317 e. The highest BCUT2D eigenvalue weighted by molar-refractivity contribution is 4.72. The molecule has 13 heavy (non-hydrogen) atoms. The van der Waals surface area contributed by atoms with Crippen LogP contribution in [0.1, 0.15) is 60.3 Å². The summed E-state index contributed by atoms with van der Waals surface area (Å²) in [7, 11) is 2.08. The Kier molecular flexibility index (Phi) is 14.2. The molecular formula is C12H29N. The molecule has 0 aromatic carbocycles. The van der Waals surface area contributed by atoms with Gasteiger partial charge in [0.1, 0.15) is 0 Å². The summed E-state index contributed by atoms with van der Waals surface area (Å²) in [6, 6.07) is 0.745. The lowest BCUT2D eigenvalue weighted by Gasteiger charge is -2.24. The molecule has 0 rings (SSSR count). The van der Waals surface area contributed by atoms with E-state index in [2.05, 4.69) is 33.1 Å². The van der Waals surface area contributed by atoms with Crippen LogP contribution < -0.4 is 5.32 Å². The van der Waals surface area contributed by atoms with Gasteiger partial charge in [0.05, 0.1) is 0 Å². The van der Waals surface area contributed by atoms with E-state index in [1.807, 2.05) is 13.8 Å². The smallest absolute Gasteiger partial charge is 0.00920 e. The topological polar surface area (TPSA) is 12.0 Å². The Bertz CT molecular complexity index is 77.2. The molecule has 0 amide bonds. The zero-order valence-corrected chi connectivity index (χ0v) is 10.5. The lowest BCUT2D eigenvalue weighted by atomic mass is 9.91. The molecule has 0 aromatic heterocycles. The Morgan fingerprint density at radius 3 is 1.69 bits per heavy atom. The van der Waals surface area contributed by atoms with Crippen LogP contribution in [0, 0.1) is 5.92 Å². The van der Waals surface area contributed by atoms with Crippen LogP contribution in [0.25, 0.3) is 0 Å². The second-order valence-electron chi connectivity index (χ2n) is 3.26. The van der Waals surface area contributed by atoms with Gasteiger partial charge in [-0.15, -0.1) is 0 Å². The van der Waals surface area contributed by atoms with Crippen LogP contribution in [0.2, 0.25) is 0 Å². The lowest BCUT2D eigenvalue weighted by Crippen LogP contribution is -2.32. The molecule has 1 atom stereocenters. The van der Waals surface area contributed by atoms with Crippen molar-refractivity contribution in [3.05, 3.63) is 0 Å². The summed E-state index contributed by atoms with van der Waals surface area (Å²) in [5.74, 6) is 0.875. The van der Waals surface area contributed by atoms with Gasteiger partial charge in [-0.2, -0.15) is 0 Å². The first kappa shape index (κ1) is 15.4. The summed E-state index contributed by atoms with van der Waals surface area (Å²) in [5.41, 5.74) is 0. The van der Waals surface area contributed by atoms with Gasteiger partial charge in [-0.1, -0.05) is 53.9 Å². The van der Waals surface area contributed by atoms with Gasteiger partial charge in [0, 0.05) is 6.04 Å². The van der Waals surface area contributed by atoms with Crippen molar-refractivity contribution in [3.63, 3.8) is 0 Å². The highest BCUT2D eigenvalue weighted by Gasteiger charge is 2.14. The second kappa shape index (κ2) is 12.0. The zero-order chi connectivity index (χ0) is 10.7. The van der Waals surface area contributed by atoms with Gasteiger partial charge in [-0.3, -0.25) is 0 Å². The van der Waals surface area contributed by atoms with Crippen LogP contribution in [0.4, 0.5) is 0 Å². The summed E-state index contributed by atoms with van der Waals surface area (Å²) < 4.78 is 0. The minimum atomic E-state index is 0.745. The average Bonchev–Trinajstić information content (AvgIpc) is 2.21. The molecule has 0 saturated carbocycles. The number of nitrogens with one attached hydrogen (secondary N) is 1. The minimum Gasteiger partial charge on any atom is -0.317 e. The van der Waals surface area contributed by atoms with Crippen LogP contribution in [0.15, 0.2) is 0 Å². The van der Waals surface area contributed by atoms with E-state index in [1.54, 1.807) is 0 Å². The van der Waals surface area contributed by atoms with Crippen LogP contribution >= 0.6 is 0 Å². The fourth-order valence-electron chi connectivity index (χ4n) is 1.78. The van der Waals surface area contributed by atoms with Crippen molar-refractivity contribution in [3.8, 4) is 0 Å². The van der Waals surface area contributed by atoms with E-state index < -0.39 is 0 Å². The normalized spacial score (nSPS) is 12.2. The average molecular weight is 187 g/mol. The third-order valence-corrected chi connectivity index (χ3v) is 2.59. The van der Waals surface area contributed by atoms with Crippen LogP contribution in [0.3, 0.4) is 0 Å². The quantitative estimate of drug-likeness (QED) is 0.666. The third kappa shape index (κ3) is 7.06. The van der Waals surface area contributed by atoms with Gasteiger partial charge in [-0.05, 0) is 19.4 Å². The molecule has 1 heteroatoms. The maximum absolute atomic E-state index is 3.40. The molecule has 82 valence electrons. The standard InChI is InChI=1S/C10H23N.C2H6/c1-5-8-10(11-4)9(6-2)7-3;1-2/h9-11H,5-8H2,1-4H3;1-2H3. The predicted octanol–water partition coefficient (Wildman–Crippen LogP) is 3.84. The van der Waals surface area contributed by atoms with Crippen LogP contribution in [-0.4, -0.2) is 13.1 Å². The summed E-state index contributed by atoms with van der Waals surface area (Å²) >= 11 is 0. The molecule has 1 N–H and O–H groups in total. The molecule has 0 radical (unpaired) electrons. The first-order chi connectivity index (χ1) is 6.29. The van der Waals surface area contributed by atoms with Crippen molar-refractivity contribution < 1.29 is 0 Å². The number of hydrogen-bond donors (Lipinski definition) is 1. The van der Waals surface area contributed by atoms with Gasteiger partial charge in [0.25, 0.3) is 0 Å². The SMILES string of the molecule is CC.CCCC(NC)C(CC)CC. The summed E-state index contributed by atoms with van der Waals surface area (Å²) in [4.78, 5) is 0. The highest BCUT2D eigenvalue weighted by Crippen LogP contribution is 2.16. The molecular weight excluding hydrogens is 158 g/mol. The summed E-state index contributed by atoms with van der Waals surface area (Å²) in [5, 5.41) is 3.40. The third-order valence-electron chi connectivity index (χ3n) is 2.59. The number of hydrogen-bond acceptors (Lipinski definition) is 1. The molecule has 1 nitrogen and oxygen atoms in total. The Labute approximate surface area is 85.3 Å². The van der Waals surface area contributed by atoms with Crippen molar-refractivity contribution in [1.82, 2.24) is 5.32 Å². The minimum absolute atomic E-state index is 0.745. The van der Waals surface area contributed by atoms with Crippen molar-refractivity contribution >= 4 is 0 Å². The van der Waals surface area contributed by atoms with E-state index >= 15 is 0 Å². The Morgan fingerprint density at radius 2 is 1.46 bits per heavy atom. The van der Waals surface area contributed by atoms with Crippen molar-refractivity contribution in [1.29, 1.82) is 0 Å². The molecule has 0 heterocycles. The fourth-order valence-corrected chi connectivity index (χ4v) is 1.78. The molecule has 0 spiro atoms. The molecule has 0 fully saturated rings. The van der Waals surface area contributed by atoms with E-state index in [1.165, 1.54) is 25.7 Å². The van der Waals surface area contributed by atoms with E-state index in [9.17, 15) is 0 Å². The fraction of sp³-hybridized carbons (Fsp3) is 1.00. The Morgan fingerprint density at radius 1 is 1.00 bits per heavy atom. The number of rotatable bonds is 6. The van der Waals surface area contributed by atoms with Crippen LogP contribution in [0.5, 0.6) is 0 Å². The molecule has 1 unspecified atom stereocenters. The molecule has 0 saturated heterocycles. The van der Waals surface area contributed by atoms with Gasteiger partial charge >= 0.3 is 0 Å². The first-order valence-corrected chi connectivity index (χ1v) is 5.97. The molecule has 0 aliphatic heterocycles.